The molecule has 0 aromatic heterocycles. The van der Waals surface area contributed by atoms with Crippen LogP contribution in [0.1, 0.15) is 73.1 Å². The highest BCUT2D eigenvalue weighted by Gasteiger charge is 2.27. The number of nitrogens with zero attached hydrogens (tertiary/aromatic N) is 1. The number of nitrogens with one attached hydrogen (secondary N) is 1. The van der Waals surface area contributed by atoms with Gasteiger partial charge in [-0.2, -0.15) is 0 Å². The summed E-state index contributed by atoms with van der Waals surface area (Å²) in [6, 6.07) is 1.50. The fourth-order valence-corrected chi connectivity index (χ4v) is 3.26. The second kappa shape index (κ2) is 7.64. The van der Waals surface area contributed by atoms with Crippen LogP contribution in [0.2, 0.25) is 0 Å². The molecule has 1 unspecified atom stereocenters. The van der Waals surface area contributed by atoms with Gasteiger partial charge < -0.3 is 5.32 Å². The zero-order valence-electron chi connectivity index (χ0n) is 14.1. The quantitative estimate of drug-likeness (QED) is 0.781. The van der Waals surface area contributed by atoms with E-state index in [1.807, 2.05) is 0 Å². The van der Waals surface area contributed by atoms with E-state index < -0.39 is 0 Å². The predicted molar refractivity (Wildman–Crippen MR) is 85.6 cm³/mol. The summed E-state index contributed by atoms with van der Waals surface area (Å²) >= 11 is 0. The van der Waals surface area contributed by atoms with Gasteiger partial charge in [0.1, 0.15) is 0 Å². The Labute approximate surface area is 121 Å². The van der Waals surface area contributed by atoms with Crippen LogP contribution in [0.25, 0.3) is 0 Å². The molecule has 2 nitrogen and oxygen atoms in total. The molecule has 0 aliphatic heterocycles. The molecular weight excluding hydrogens is 232 g/mol. The van der Waals surface area contributed by atoms with E-state index in [-0.39, 0.29) is 5.54 Å². The molecule has 19 heavy (non-hydrogen) atoms. The van der Waals surface area contributed by atoms with Gasteiger partial charge in [-0.05, 0) is 65.8 Å². The molecule has 0 amide bonds. The van der Waals surface area contributed by atoms with Gasteiger partial charge >= 0.3 is 0 Å². The van der Waals surface area contributed by atoms with E-state index in [0.717, 1.165) is 18.5 Å². The van der Waals surface area contributed by atoms with Crippen LogP contribution in [-0.4, -0.2) is 36.1 Å². The van der Waals surface area contributed by atoms with Gasteiger partial charge in [0.15, 0.2) is 0 Å². The lowest BCUT2D eigenvalue weighted by molar-refractivity contribution is 0.111. The molecule has 1 aliphatic rings. The average Bonchev–Trinajstić information content (AvgIpc) is 2.38. The van der Waals surface area contributed by atoms with Gasteiger partial charge in [0, 0.05) is 24.2 Å². The van der Waals surface area contributed by atoms with Crippen LogP contribution in [0.15, 0.2) is 0 Å². The lowest BCUT2D eigenvalue weighted by Gasteiger charge is -2.40. The van der Waals surface area contributed by atoms with E-state index in [4.69, 9.17) is 0 Å². The first-order chi connectivity index (χ1) is 8.87. The molecule has 1 aliphatic carbocycles. The highest BCUT2D eigenvalue weighted by atomic mass is 15.2. The fourth-order valence-electron chi connectivity index (χ4n) is 3.26. The van der Waals surface area contributed by atoms with Crippen LogP contribution in [0, 0.1) is 5.92 Å². The van der Waals surface area contributed by atoms with Crippen molar-refractivity contribution < 1.29 is 0 Å². The number of hydrogen-bond acceptors (Lipinski definition) is 2. The average molecular weight is 268 g/mol. The highest BCUT2D eigenvalue weighted by Crippen LogP contribution is 2.30. The monoisotopic (exact) mass is 268 g/mol. The van der Waals surface area contributed by atoms with Crippen molar-refractivity contribution in [2.45, 2.75) is 90.8 Å². The van der Waals surface area contributed by atoms with Crippen LogP contribution < -0.4 is 5.32 Å². The smallest absolute Gasteiger partial charge is 0.0218 e. The summed E-state index contributed by atoms with van der Waals surface area (Å²) in [5, 5.41) is 3.67. The van der Waals surface area contributed by atoms with Gasteiger partial charge in [-0.25, -0.2) is 0 Å². The molecule has 1 N–H and O–H groups in total. The number of likely N-dealkylation sites (N-methyl/N-ethyl adjacent to an activating group) is 1. The van der Waals surface area contributed by atoms with Crippen LogP contribution in [-0.2, 0) is 0 Å². The molecule has 0 bridgehead atoms. The first kappa shape index (κ1) is 17.0. The van der Waals surface area contributed by atoms with E-state index in [1.165, 1.54) is 38.5 Å². The van der Waals surface area contributed by atoms with E-state index >= 15 is 0 Å². The Morgan fingerprint density at radius 3 is 2.11 bits per heavy atom. The molecule has 0 aromatic carbocycles. The van der Waals surface area contributed by atoms with Crippen LogP contribution in [0.4, 0.5) is 0 Å². The third kappa shape index (κ3) is 5.83. The highest BCUT2D eigenvalue weighted by molar-refractivity contribution is 4.84. The fraction of sp³-hybridized carbons (Fsp3) is 1.00. The summed E-state index contributed by atoms with van der Waals surface area (Å²) in [5.74, 6) is 0.998. The topological polar surface area (TPSA) is 15.3 Å². The van der Waals surface area contributed by atoms with E-state index in [1.54, 1.807) is 0 Å². The normalized spacial score (nSPS) is 26.7. The van der Waals surface area contributed by atoms with Gasteiger partial charge in [-0.15, -0.1) is 0 Å². The summed E-state index contributed by atoms with van der Waals surface area (Å²) < 4.78 is 0. The molecule has 0 saturated heterocycles. The molecule has 0 heterocycles. The summed E-state index contributed by atoms with van der Waals surface area (Å²) in [6.45, 7) is 12.6. The van der Waals surface area contributed by atoms with Crippen molar-refractivity contribution in [2.24, 2.45) is 5.92 Å². The summed E-state index contributed by atoms with van der Waals surface area (Å²) in [4.78, 5) is 2.66. The standard InChI is InChI=1S/C17H36N2/c1-7-14-9-11-16(12-10-14)19(6)15(8-2)13-18-17(3,4)5/h14-16,18H,7-13H2,1-6H3. The largest absolute Gasteiger partial charge is 0.311 e. The Hall–Kier alpha value is -0.0800. The van der Waals surface area contributed by atoms with Crippen LogP contribution in [0.5, 0.6) is 0 Å². The van der Waals surface area contributed by atoms with E-state index in [0.29, 0.717) is 6.04 Å². The van der Waals surface area contributed by atoms with Crippen LogP contribution >= 0.6 is 0 Å². The number of hydrogen-bond donors (Lipinski definition) is 1. The molecule has 0 radical (unpaired) electrons. The Morgan fingerprint density at radius 1 is 1.11 bits per heavy atom. The molecule has 1 atom stereocenters. The van der Waals surface area contributed by atoms with Gasteiger partial charge in [-0.1, -0.05) is 20.3 Å². The lowest BCUT2D eigenvalue weighted by atomic mass is 9.83. The molecule has 2 heteroatoms. The first-order valence-electron chi connectivity index (χ1n) is 8.34. The van der Waals surface area contributed by atoms with Gasteiger partial charge in [-0.3, -0.25) is 4.90 Å². The van der Waals surface area contributed by atoms with Crippen molar-refractivity contribution >= 4 is 0 Å². The van der Waals surface area contributed by atoms with Gasteiger partial charge in [0.2, 0.25) is 0 Å². The summed E-state index contributed by atoms with van der Waals surface area (Å²) in [5.41, 5.74) is 0.230. The summed E-state index contributed by atoms with van der Waals surface area (Å²) in [7, 11) is 2.34. The predicted octanol–water partition coefficient (Wildman–Crippen LogP) is 4.05. The van der Waals surface area contributed by atoms with Crippen LogP contribution in [0.3, 0.4) is 0 Å². The van der Waals surface area contributed by atoms with Gasteiger partial charge in [0.25, 0.3) is 0 Å². The minimum Gasteiger partial charge on any atom is -0.311 e. The molecule has 0 aromatic rings. The Balaban J connectivity index is 2.43. The second-order valence-electron chi connectivity index (χ2n) is 7.44. The van der Waals surface area contributed by atoms with Crippen molar-refractivity contribution in [1.82, 2.24) is 10.2 Å². The maximum Gasteiger partial charge on any atom is 0.0218 e. The number of rotatable bonds is 6. The first-order valence-corrected chi connectivity index (χ1v) is 8.34. The Kier molecular flexibility index (Phi) is 6.82. The minimum absolute atomic E-state index is 0.230. The summed E-state index contributed by atoms with van der Waals surface area (Å²) in [6.07, 6.45) is 8.30. The van der Waals surface area contributed by atoms with Crippen molar-refractivity contribution in [3.8, 4) is 0 Å². The Bertz CT molecular complexity index is 236. The lowest BCUT2D eigenvalue weighted by Crippen LogP contribution is -2.50. The minimum atomic E-state index is 0.230. The zero-order valence-corrected chi connectivity index (χ0v) is 14.1. The van der Waals surface area contributed by atoms with Crippen molar-refractivity contribution in [3.63, 3.8) is 0 Å². The maximum absolute atomic E-state index is 3.67. The molecule has 0 spiro atoms. The molecule has 1 saturated carbocycles. The maximum atomic E-state index is 3.67. The SMILES string of the molecule is CCC1CCC(N(C)C(CC)CNC(C)(C)C)CC1. The third-order valence-electron chi connectivity index (χ3n) is 4.88. The zero-order chi connectivity index (χ0) is 14.5. The molecule has 114 valence electrons. The molecular formula is C17H36N2. The Morgan fingerprint density at radius 2 is 1.68 bits per heavy atom. The second-order valence-corrected chi connectivity index (χ2v) is 7.44. The van der Waals surface area contributed by atoms with Crippen molar-refractivity contribution in [3.05, 3.63) is 0 Å². The molecule has 1 rings (SSSR count). The van der Waals surface area contributed by atoms with Gasteiger partial charge in [0.05, 0.1) is 0 Å². The molecule has 1 fully saturated rings. The van der Waals surface area contributed by atoms with E-state index in [9.17, 15) is 0 Å². The van der Waals surface area contributed by atoms with Crippen molar-refractivity contribution in [2.75, 3.05) is 13.6 Å². The van der Waals surface area contributed by atoms with E-state index in [2.05, 4.69) is 51.9 Å². The van der Waals surface area contributed by atoms with Crippen molar-refractivity contribution in [1.29, 1.82) is 0 Å². The third-order valence-corrected chi connectivity index (χ3v) is 4.88.